The molecule has 1 fully saturated rings. The van der Waals surface area contributed by atoms with Crippen molar-refractivity contribution >= 4 is 51.8 Å². The molecule has 7 nitrogen and oxygen atoms in total. The van der Waals surface area contributed by atoms with E-state index in [9.17, 15) is 9.59 Å². The van der Waals surface area contributed by atoms with Crippen LogP contribution in [0.4, 0.5) is 10.1 Å². The van der Waals surface area contributed by atoms with E-state index in [4.69, 9.17) is 32.9 Å². The molecule has 10 heteroatoms. The number of hydrogen-bond acceptors (Lipinski definition) is 5. The fourth-order valence-electron chi connectivity index (χ4n) is 6.65. The van der Waals surface area contributed by atoms with E-state index in [2.05, 4.69) is 15.2 Å². The fourth-order valence-corrected chi connectivity index (χ4v) is 7.01. The number of rotatable bonds is 2. The molecule has 0 bridgehead atoms. The van der Waals surface area contributed by atoms with Crippen LogP contribution in [0, 0.1) is 5.82 Å². The molecule has 7 rings (SSSR count). The predicted octanol–water partition coefficient (Wildman–Crippen LogP) is 5.36. The first-order valence-corrected chi connectivity index (χ1v) is 13.0. The van der Waals surface area contributed by atoms with Crippen molar-refractivity contribution in [3.8, 4) is 0 Å². The van der Waals surface area contributed by atoms with E-state index in [0.717, 1.165) is 11.3 Å². The normalized spacial score (nSPS) is 25.3. The number of halogens is 3. The predicted molar refractivity (Wildman–Crippen MR) is 141 cm³/mol. The van der Waals surface area contributed by atoms with E-state index in [-0.39, 0.29) is 22.9 Å². The van der Waals surface area contributed by atoms with Crippen LogP contribution in [-0.4, -0.2) is 34.6 Å². The van der Waals surface area contributed by atoms with Gasteiger partial charge in [-0.1, -0.05) is 41.4 Å². The van der Waals surface area contributed by atoms with Gasteiger partial charge in [-0.25, -0.2) is 14.2 Å². The molecule has 4 aromatic rings. The second-order valence-corrected chi connectivity index (χ2v) is 10.8. The summed E-state index contributed by atoms with van der Waals surface area (Å²) in [4.78, 5) is 31.0. The van der Waals surface area contributed by atoms with Crippen molar-refractivity contribution in [3.05, 3.63) is 93.0 Å². The maximum absolute atomic E-state index is 15.8. The Morgan fingerprint density at radius 2 is 2.03 bits per heavy atom. The van der Waals surface area contributed by atoms with Gasteiger partial charge in [0.1, 0.15) is 17.2 Å². The molecule has 0 aliphatic carbocycles. The van der Waals surface area contributed by atoms with Crippen molar-refractivity contribution in [1.29, 1.82) is 0 Å². The van der Waals surface area contributed by atoms with Crippen LogP contribution in [-0.2, 0) is 21.6 Å². The largest absolute Gasteiger partial charge is 0.465 e. The average Bonchev–Trinajstić information content (AvgIpc) is 3.54. The van der Waals surface area contributed by atoms with E-state index in [1.807, 2.05) is 12.1 Å². The van der Waals surface area contributed by atoms with Gasteiger partial charge in [0.05, 0.1) is 28.7 Å². The number of carbonyl (C=O) groups excluding carboxylic acids is 2. The SMILES string of the molecule is COC(=O)c1ccc2c(c1)nc1n2CC[C@@H]2N[C@@]3(C(=O)Nc4cc(Cl)ccc43)[C@@H](c3cccc(Cl)c3F)[C@H]12. The number of nitrogens with zero attached hydrogens (tertiary/aromatic N) is 2. The zero-order valence-corrected chi connectivity index (χ0v) is 21.6. The molecule has 192 valence electrons. The number of aryl methyl sites for hydroxylation is 1. The first-order chi connectivity index (χ1) is 18.3. The van der Waals surface area contributed by atoms with Crippen LogP contribution in [0.5, 0.6) is 0 Å². The summed E-state index contributed by atoms with van der Waals surface area (Å²) in [5.41, 5.74) is 2.28. The number of imidazole rings is 1. The lowest BCUT2D eigenvalue weighted by molar-refractivity contribution is -0.122. The molecule has 38 heavy (non-hydrogen) atoms. The third-order valence-corrected chi connectivity index (χ3v) is 8.69. The number of anilines is 1. The summed E-state index contributed by atoms with van der Waals surface area (Å²) in [6.07, 6.45) is 0.693. The molecule has 4 heterocycles. The van der Waals surface area contributed by atoms with E-state index >= 15 is 4.39 Å². The number of benzene rings is 3. The fraction of sp³-hybridized carbons (Fsp3) is 0.250. The number of amides is 1. The maximum atomic E-state index is 15.8. The Balaban J connectivity index is 1.48. The third kappa shape index (κ3) is 3.08. The van der Waals surface area contributed by atoms with Gasteiger partial charge >= 0.3 is 5.97 Å². The molecule has 0 unspecified atom stereocenters. The van der Waals surface area contributed by atoms with Crippen molar-refractivity contribution < 1.29 is 18.7 Å². The summed E-state index contributed by atoms with van der Waals surface area (Å²) in [6, 6.07) is 15.3. The van der Waals surface area contributed by atoms with Crippen molar-refractivity contribution in [2.45, 2.75) is 36.4 Å². The van der Waals surface area contributed by atoms with E-state index in [0.29, 0.717) is 45.9 Å². The minimum Gasteiger partial charge on any atom is -0.465 e. The molecule has 1 spiro atoms. The minimum absolute atomic E-state index is 0.0112. The summed E-state index contributed by atoms with van der Waals surface area (Å²) in [7, 11) is 1.33. The molecule has 4 atom stereocenters. The lowest BCUT2D eigenvalue weighted by Gasteiger charge is -2.33. The Morgan fingerprint density at radius 3 is 2.84 bits per heavy atom. The summed E-state index contributed by atoms with van der Waals surface area (Å²) in [5, 5.41) is 7.07. The van der Waals surface area contributed by atoms with E-state index in [1.54, 1.807) is 36.4 Å². The van der Waals surface area contributed by atoms with Gasteiger partial charge in [-0.05, 0) is 48.4 Å². The summed E-state index contributed by atoms with van der Waals surface area (Å²) in [6.45, 7) is 0.646. The highest BCUT2D eigenvalue weighted by Gasteiger charge is 2.64. The van der Waals surface area contributed by atoms with Crippen LogP contribution in [0.15, 0.2) is 54.6 Å². The van der Waals surface area contributed by atoms with Gasteiger partial charge in [-0.2, -0.15) is 0 Å². The monoisotopic (exact) mass is 550 g/mol. The number of aromatic nitrogens is 2. The van der Waals surface area contributed by atoms with Crippen LogP contribution in [0.3, 0.4) is 0 Å². The Bertz CT molecular complexity index is 1690. The highest BCUT2D eigenvalue weighted by Crippen LogP contribution is 2.59. The lowest BCUT2D eigenvalue weighted by Crippen LogP contribution is -2.49. The second-order valence-electron chi connectivity index (χ2n) is 9.95. The zero-order chi connectivity index (χ0) is 26.3. The summed E-state index contributed by atoms with van der Waals surface area (Å²) < 4.78 is 22.8. The summed E-state index contributed by atoms with van der Waals surface area (Å²) >= 11 is 12.5. The van der Waals surface area contributed by atoms with Crippen LogP contribution < -0.4 is 10.6 Å². The number of carbonyl (C=O) groups is 2. The topological polar surface area (TPSA) is 85.2 Å². The maximum Gasteiger partial charge on any atom is 0.337 e. The number of fused-ring (bicyclic) bond motifs is 7. The molecular formula is C28H21Cl2FN4O3. The van der Waals surface area contributed by atoms with Gasteiger partial charge in [-0.3, -0.25) is 10.1 Å². The molecule has 2 N–H and O–H groups in total. The molecule has 1 aromatic heterocycles. The minimum atomic E-state index is -1.26. The third-order valence-electron chi connectivity index (χ3n) is 8.16. The molecule has 1 amide bonds. The van der Waals surface area contributed by atoms with Crippen LogP contribution in [0.1, 0.15) is 45.6 Å². The Kier molecular flexibility index (Phi) is 5.14. The van der Waals surface area contributed by atoms with Crippen molar-refractivity contribution in [2.24, 2.45) is 0 Å². The Hall–Kier alpha value is -3.46. The Labute approximate surface area is 226 Å². The number of nitrogens with one attached hydrogen (secondary N) is 2. The molecule has 3 aliphatic heterocycles. The van der Waals surface area contributed by atoms with Gasteiger partial charge in [0.2, 0.25) is 5.91 Å². The van der Waals surface area contributed by atoms with Crippen molar-refractivity contribution in [3.63, 3.8) is 0 Å². The lowest BCUT2D eigenvalue weighted by atomic mass is 9.70. The molecule has 1 saturated heterocycles. The summed E-state index contributed by atoms with van der Waals surface area (Å²) in [5.74, 6) is -1.58. The van der Waals surface area contributed by atoms with Gasteiger partial charge in [-0.15, -0.1) is 0 Å². The highest BCUT2D eigenvalue weighted by molar-refractivity contribution is 6.31. The van der Waals surface area contributed by atoms with Gasteiger partial charge in [0.25, 0.3) is 0 Å². The zero-order valence-electron chi connectivity index (χ0n) is 20.1. The molecule has 0 saturated carbocycles. The van der Waals surface area contributed by atoms with E-state index < -0.39 is 23.2 Å². The quantitative estimate of drug-likeness (QED) is 0.328. The van der Waals surface area contributed by atoms with Gasteiger partial charge in [0, 0.05) is 40.7 Å². The molecule has 3 aromatic carbocycles. The smallest absolute Gasteiger partial charge is 0.337 e. The van der Waals surface area contributed by atoms with Gasteiger partial charge < -0.3 is 14.6 Å². The van der Waals surface area contributed by atoms with Crippen molar-refractivity contribution in [2.75, 3.05) is 12.4 Å². The highest BCUT2D eigenvalue weighted by atomic mass is 35.5. The van der Waals surface area contributed by atoms with E-state index in [1.165, 1.54) is 13.2 Å². The number of esters is 1. The number of methoxy groups -OCH3 is 1. The average molecular weight is 551 g/mol. The number of hydrogen-bond donors (Lipinski definition) is 2. The first kappa shape index (κ1) is 23.6. The second kappa shape index (κ2) is 8.27. The number of ether oxygens (including phenoxy) is 1. The van der Waals surface area contributed by atoms with Gasteiger partial charge in [0.15, 0.2) is 0 Å². The van der Waals surface area contributed by atoms with Crippen LogP contribution in [0.25, 0.3) is 11.0 Å². The molecule has 3 aliphatic rings. The van der Waals surface area contributed by atoms with Crippen LogP contribution >= 0.6 is 23.2 Å². The van der Waals surface area contributed by atoms with Crippen molar-refractivity contribution in [1.82, 2.24) is 14.9 Å². The standard InChI is InChI=1S/C28H21Cl2FN4O3/c1-38-26(36)13-5-8-21-20(11-13)32-25-22-18(9-10-35(21)25)34-28(23(22)15-3-2-4-17(30)24(15)31)16-7-6-14(29)12-19(16)33-27(28)37/h2-8,11-12,18,22-23,34H,9-10H2,1H3,(H,33,37)/t18-,22+,23-,28+/m0/s1. The first-order valence-electron chi connectivity index (χ1n) is 12.2. The molecular weight excluding hydrogens is 530 g/mol. The molecule has 0 radical (unpaired) electrons. The Morgan fingerprint density at radius 1 is 1.18 bits per heavy atom. The van der Waals surface area contributed by atoms with Crippen LogP contribution in [0.2, 0.25) is 10.0 Å².